The van der Waals surface area contributed by atoms with Crippen LogP contribution in [-0.2, 0) is 4.79 Å². The molecule has 0 unspecified atom stereocenters. The molecule has 0 saturated carbocycles. The summed E-state index contributed by atoms with van der Waals surface area (Å²) in [5.74, 6) is -1.94. The zero-order valence-corrected chi connectivity index (χ0v) is 9.85. The predicted octanol–water partition coefficient (Wildman–Crippen LogP) is 0.116. The standard InChI is InChI=1S/C10H8N4O6/c11-5(3-7(15)16)10(17)4-1-2-6(14(18)19)9-8(4)12-20-13-9/h1-2,5H,3,11H2,(H,15,16)/t5-/m0/s1. The Morgan fingerprint density at radius 1 is 1.40 bits per heavy atom. The van der Waals surface area contributed by atoms with Crippen molar-refractivity contribution in [3.63, 3.8) is 0 Å². The number of aliphatic carboxylic acids is 1. The average molecular weight is 280 g/mol. The summed E-state index contributed by atoms with van der Waals surface area (Å²) in [4.78, 5) is 32.6. The summed E-state index contributed by atoms with van der Waals surface area (Å²) in [6, 6.07) is 0.927. The minimum atomic E-state index is -1.28. The van der Waals surface area contributed by atoms with Crippen molar-refractivity contribution in [2.45, 2.75) is 12.5 Å². The first-order chi connectivity index (χ1) is 9.41. The highest BCUT2D eigenvalue weighted by atomic mass is 16.6. The summed E-state index contributed by atoms with van der Waals surface area (Å²) in [7, 11) is 0. The van der Waals surface area contributed by atoms with Crippen LogP contribution < -0.4 is 5.73 Å². The van der Waals surface area contributed by atoms with Gasteiger partial charge in [0.25, 0.3) is 0 Å². The van der Waals surface area contributed by atoms with E-state index in [-0.39, 0.29) is 22.3 Å². The van der Waals surface area contributed by atoms with Crippen molar-refractivity contribution in [1.29, 1.82) is 0 Å². The number of hydrogen-bond acceptors (Lipinski definition) is 8. The fraction of sp³-hybridized carbons (Fsp3) is 0.200. The molecule has 1 aromatic heterocycles. The van der Waals surface area contributed by atoms with Gasteiger partial charge in [0, 0.05) is 6.07 Å². The molecule has 0 fully saturated rings. The molecule has 0 aliphatic rings. The number of carbonyl (C=O) groups excluding carboxylic acids is 1. The Balaban J connectivity index is 2.48. The van der Waals surface area contributed by atoms with E-state index in [9.17, 15) is 19.7 Å². The van der Waals surface area contributed by atoms with Crippen LogP contribution in [-0.4, -0.2) is 38.1 Å². The van der Waals surface area contributed by atoms with Gasteiger partial charge in [-0.15, -0.1) is 0 Å². The number of carbonyl (C=O) groups is 2. The van der Waals surface area contributed by atoms with E-state index in [4.69, 9.17) is 10.8 Å². The fourth-order valence-electron chi connectivity index (χ4n) is 1.68. The molecular formula is C10H8N4O6. The first-order valence-corrected chi connectivity index (χ1v) is 5.33. The van der Waals surface area contributed by atoms with Gasteiger partial charge in [0.2, 0.25) is 5.52 Å². The monoisotopic (exact) mass is 280 g/mol. The van der Waals surface area contributed by atoms with Crippen LogP contribution in [0.5, 0.6) is 0 Å². The predicted molar refractivity (Wildman–Crippen MR) is 63.0 cm³/mol. The first-order valence-electron chi connectivity index (χ1n) is 5.33. The summed E-state index contributed by atoms with van der Waals surface area (Å²) in [5, 5.41) is 26.2. The molecule has 10 heteroatoms. The molecule has 0 aliphatic heterocycles. The molecule has 0 aliphatic carbocycles. The number of carboxylic acids is 1. The zero-order chi connectivity index (χ0) is 14.9. The Morgan fingerprint density at radius 2 is 2.05 bits per heavy atom. The third-order valence-corrected chi connectivity index (χ3v) is 2.59. The van der Waals surface area contributed by atoms with Crippen LogP contribution in [0.3, 0.4) is 0 Å². The van der Waals surface area contributed by atoms with E-state index in [0.717, 1.165) is 12.1 Å². The Labute approximate surface area is 110 Å². The van der Waals surface area contributed by atoms with Gasteiger partial charge in [-0.05, 0) is 16.4 Å². The summed E-state index contributed by atoms with van der Waals surface area (Å²) >= 11 is 0. The number of nitro groups is 1. The smallest absolute Gasteiger partial charge is 0.305 e. The normalized spacial score (nSPS) is 12.2. The number of Topliss-reactive ketones (excluding diaryl/α,β-unsaturated/α-hetero) is 1. The van der Waals surface area contributed by atoms with Gasteiger partial charge in [-0.25, -0.2) is 4.63 Å². The molecule has 0 amide bonds. The third-order valence-electron chi connectivity index (χ3n) is 2.59. The SMILES string of the molecule is N[C@@H](CC(=O)O)C(=O)c1ccc([N+](=O)[O-])c2nonc12. The first kappa shape index (κ1) is 13.5. The summed E-state index contributed by atoms with van der Waals surface area (Å²) in [5.41, 5.74) is 4.71. The van der Waals surface area contributed by atoms with Gasteiger partial charge >= 0.3 is 11.7 Å². The van der Waals surface area contributed by atoms with E-state index in [0.29, 0.717) is 0 Å². The summed E-state index contributed by atoms with van der Waals surface area (Å²) < 4.78 is 4.39. The van der Waals surface area contributed by atoms with Crippen LogP contribution in [0.1, 0.15) is 16.8 Å². The molecule has 0 saturated heterocycles. The van der Waals surface area contributed by atoms with Gasteiger partial charge in [-0.1, -0.05) is 0 Å². The van der Waals surface area contributed by atoms with E-state index < -0.39 is 29.1 Å². The largest absolute Gasteiger partial charge is 0.481 e. The van der Waals surface area contributed by atoms with Gasteiger partial charge in [-0.2, -0.15) is 0 Å². The summed E-state index contributed by atoms with van der Waals surface area (Å²) in [6.45, 7) is 0. The molecule has 104 valence electrons. The highest BCUT2D eigenvalue weighted by Crippen LogP contribution is 2.26. The van der Waals surface area contributed by atoms with Gasteiger partial charge in [0.15, 0.2) is 11.3 Å². The van der Waals surface area contributed by atoms with Crippen molar-refractivity contribution in [3.8, 4) is 0 Å². The number of nitrogens with zero attached hydrogens (tertiary/aromatic N) is 3. The highest BCUT2D eigenvalue weighted by molar-refractivity contribution is 6.10. The van der Waals surface area contributed by atoms with E-state index in [2.05, 4.69) is 14.9 Å². The molecule has 2 rings (SSSR count). The zero-order valence-electron chi connectivity index (χ0n) is 9.85. The lowest BCUT2D eigenvalue weighted by Crippen LogP contribution is -2.33. The maximum absolute atomic E-state index is 12.0. The Morgan fingerprint density at radius 3 is 2.65 bits per heavy atom. The number of nitro benzene ring substituents is 1. The molecule has 0 bridgehead atoms. The Hall–Kier alpha value is -2.88. The lowest BCUT2D eigenvalue weighted by Gasteiger charge is -2.07. The van der Waals surface area contributed by atoms with Crippen molar-refractivity contribution < 1.29 is 24.2 Å². The van der Waals surface area contributed by atoms with E-state index in [1.165, 1.54) is 0 Å². The lowest BCUT2D eigenvalue weighted by molar-refractivity contribution is -0.383. The number of carboxylic acid groups (broad SMARTS) is 1. The second-order valence-corrected chi connectivity index (χ2v) is 3.92. The van der Waals surface area contributed by atoms with Crippen molar-refractivity contribution in [1.82, 2.24) is 10.3 Å². The lowest BCUT2D eigenvalue weighted by atomic mass is 10.0. The molecule has 10 nitrogen and oxygen atoms in total. The molecule has 3 N–H and O–H groups in total. The second kappa shape index (κ2) is 5.01. The second-order valence-electron chi connectivity index (χ2n) is 3.92. The van der Waals surface area contributed by atoms with Crippen molar-refractivity contribution in [2.75, 3.05) is 0 Å². The number of nitrogens with two attached hydrogens (primary N) is 1. The van der Waals surface area contributed by atoms with Crippen LogP contribution in [0.15, 0.2) is 16.8 Å². The number of aromatic nitrogens is 2. The maximum atomic E-state index is 12.0. The van der Waals surface area contributed by atoms with E-state index in [1.807, 2.05) is 0 Å². The highest BCUT2D eigenvalue weighted by Gasteiger charge is 2.26. The number of hydrogen-bond donors (Lipinski definition) is 2. The minimum Gasteiger partial charge on any atom is -0.481 e. The van der Waals surface area contributed by atoms with Crippen LogP contribution in [0.25, 0.3) is 11.0 Å². The van der Waals surface area contributed by atoms with Crippen molar-refractivity contribution in [3.05, 3.63) is 27.8 Å². The van der Waals surface area contributed by atoms with Gasteiger partial charge < -0.3 is 10.8 Å². The van der Waals surface area contributed by atoms with Crippen LogP contribution in [0.2, 0.25) is 0 Å². The number of fused-ring (bicyclic) bond motifs is 1. The number of ketones is 1. The molecule has 20 heavy (non-hydrogen) atoms. The van der Waals surface area contributed by atoms with E-state index >= 15 is 0 Å². The molecule has 1 heterocycles. The Kier molecular flexibility index (Phi) is 3.39. The van der Waals surface area contributed by atoms with Gasteiger partial charge in [0.1, 0.15) is 0 Å². The molecule has 1 atom stereocenters. The molecule has 0 radical (unpaired) electrons. The fourth-order valence-corrected chi connectivity index (χ4v) is 1.68. The maximum Gasteiger partial charge on any atom is 0.305 e. The number of benzene rings is 1. The number of non-ortho nitro benzene ring substituents is 1. The Bertz CT molecular complexity index is 709. The van der Waals surface area contributed by atoms with Gasteiger partial charge in [-0.3, -0.25) is 19.7 Å². The van der Waals surface area contributed by atoms with E-state index in [1.54, 1.807) is 0 Å². The van der Waals surface area contributed by atoms with Crippen LogP contribution in [0, 0.1) is 10.1 Å². The topological polar surface area (TPSA) is 162 Å². The average Bonchev–Trinajstić information content (AvgIpc) is 2.84. The quantitative estimate of drug-likeness (QED) is 0.439. The molecule has 2 aromatic rings. The van der Waals surface area contributed by atoms with Gasteiger partial charge in [0.05, 0.1) is 22.9 Å². The summed E-state index contributed by atoms with van der Waals surface area (Å²) in [6.07, 6.45) is -0.567. The van der Waals surface area contributed by atoms with Crippen LogP contribution in [0.4, 0.5) is 5.69 Å². The minimum absolute atomic E-state index is 0.0689. The van der Waals surface area contributed by atoms with Crippen molar-refractivity contribution in [2.24, 2.45) is 5.73 Å². The number of rotatable bonds is 5. The molecule has 1 aromatic carbocycles. The molecule has 0 spiro atoms. The molecular weight excluding hydrogens is 272 g/mol. The van der Waals surface area contributed by atoms with Crippen molar-refractivity contribution >= 4 is 28.5 Å². The third kappa shape index (κ3) is 2.31. The van der Waals surface area contributed by atoms with Crippen LogP contribution >= 0.6 is 0 Å².